The molecule has 0 bridgehead atoms. The van der Waals surface area contributed by atoms with Gasteiger partial charge in [0.15, 0.2) is 5.13 Å². The van der Waals surface area contributed by atoms with E-state index in [-0.39, 0.29) is 11.4 Å². The van der Waals surface area contributed by atoms with Gasteiger partial charge in [-0.2, -0.15) is 0 Å². The van der Waals surface area contributed by atoms with Crippen molar-refractivity contribution in [3.8, 4) is 22.7 Å². The molecule has 2 aliphatic rings. The fourth-order valence-corrected chi connectivity index (χ4v) is 5.69. The van der Waals surface area contributed by atoms with E-state index in [1.807, 2.05) is 40.6 Å². The molecule has 0 aliphatic carbocycles. The van der Waals surface area contributed by atoms with Gasteiger partial charge in [0.1, 0.15) is 5.75 Å². The van der Waals surface area contributed by atoms with Crippen molar-refractivity contribution in [2.24, 2.45) is 0 Å². The lowest BCUT2D eigenvalue weighted by atomic mass is 9.82. The monoisotopic (exact) mass is 471 g/mol. The number of carbonyl (C=O) groups is 1. The zero-order chi connectivity index (χ0) is 23.3. The van der Waals surface area contributed by atoms with Gasteiger partial charge < -0.3 is 25.3 Å². The lowest BCUT2D eigenvalue weighted by molar-refractivity contribution is 0.0676. The minimum absolute atomic E-state index is 0.0625. The fraction of sp³-hybridized carbons (Fsp3) is 0.231. The highest BCUT2D eigenvalue weighted by Gasteiger charge is 2.42. The van der Waals surface area contributed by atoms with Crippen molar-refractivity contribution in [3.63, 3.8) is 0 Å². The molecule has 6 rings (SSSR count). The van der Waals surface area contributed by atoms with Crippen LogP contribution < -0.4 is 15.8 Å². The number of nitrogens with one attached hydrogen (secondary N) is 1. The predicted octanol–water partition coefficient (Wildman–Crippen LogP) is 4.75. The normalized spacial score (nSPS) is 16.0. The molecule has 2 aromatic carbocycles. The first-order valence-corrected chi connectivity index (χ1v) is 12.2. The number of anilines is 2. The highest BCUT2D eigenvalue weighted by Crippen LogP contribution is 2.44. The summed E-state index contributed by atoms with van der Waals surface area (Å²) in [6.45, 7) is 1.36. The van der Waals surface area contributed by atoms with Crippen molar-refractivity contribution >= 4 is 28.1 Å². The van der Waals surface area contributed by atoms with E-state index < -0.39 is 0 Å². The highest BCUT2D eigenvalue weighted by molar-refractivity contribution is 7.13. The van der Waals surface area contributed by atoms with Crippen LogP contribution in [-0.2, 0) is 5.54 Å². The topological polar surface area (TPSA) is 85.4 Å². The number of rotatable bonds is 3. The summed E-state index contributed by atoms with van der Waals surface area (Å²) in [5, 5.41) is 6.27. The second-order valence-corrected chi connectivity index (χ2v) is 9.68. The van der Waals surface area contributed by atoms with Crippen LogP contribution in [0.2, 0.25) is 0 Å². The number of aromatic nitrogens is 2. The second-order valence-electron chi connectivity index (χ2n) is 8.79. The summed E-state index contributed by atoms with van der Waals surface area (Å²) in [6.07, 6.45) is 3.77. The Morgan fingerprint density at radius 3 is 2.65 bits per heavy atom. The van der Waals surface area contributed by atoms with Gasteiger partial charge in [0.25, 0.3) is 5.91 Å². The Morgan fingerprint density at radius 1 is 1.15 bits per heavy atom. The molecule has 0 radical (unpaired) electrons. The van der Waals surface area contributed by atoms with Gasteiger partial charge in [-0.05, 0) is 49.2 Å². The molecule has 1 spiro atoms. The zero-order valence-electron chi connectivity index (χ0n) is 18.8. The third-order valence-electron chi connectivity index (χ3n) is 6.93. The van der Waals surface area contributed by atoms with Gasteiger partial charge in [-0.1, -0.05) is 12.1 Å². The van der Waals surface area contributed by atoms with E-state index in [1.165, 1.54) is 17.0 Å². The van der Waals surface area contributed by atoms with Crippen molar-refractivity contribution in [3.05, 3.63) is 77.4 Å². The van der Waals surface area contributed by atoms with Gasteiger partial charge >= 0.3 is 0 Å². The number of hydrogen-bond donors (Lipinski definition) is 2. The van der Waals surface area contributed by atoms with E-state index in [2.05, 4.69) is 45.3 Å². The van der Waals surface area contributed by atoms with Gasteiger partial charge in [0.2, 0.25) is 0 Å². The Kier molecular flexibility index (Phi) is 4.84. The maximum Gasteiger partial charge on any atom is 0.253 e. The summed E-state index contributed by atoms with van der Waals surface area (Å²) >= 11 is 1.41. The molecule has 8 heteroatoms. The van der Waals surface area contributed by atoms with Crippen molar-refractivity contribution in [1.29, 1.82) is 0 Å². The van der Waals surface area contributed by atoms with Crippen LogP contribution in [0.1, 0.15) is 28.9 Å². The first-order valence-electron chi connectivity index (χ1n) is 11.3. The number of piperidine rings is 1. The lowest BCUT2D eigenvalue weighted by Crippen LogP contribution is -2.51. The van der Waals surface area contributed by atoms with Crippen molar-refractivity contribution in [2.75, 3.05) is 31.2 Å². The quantitative estimate of drug-likeness (QED) is 0.450. The minimum atomic E-state index is -0.214. The van der Waals surface area contributed by atoms with E-state index in [4.69, 9.17) is 10.5 Å². The van der Waals surface area contributed by atoms with Gasteiger partial charge in [0.05, 0.1) is 29.7 Å². The third-order valence-corrected chi connectivity index (χ3v) is 7.60. The minimum Gasteiger partial charge on any atom is -0.497 e. The molecule has 3 N–H and O–H groups in total. The summed E-state index contributed by atoms with van der Waals surface area (Å²) in [6, 6.07) is 18.0. The summed E-state index contributed by atoms with van der Waals surface area (Å²) < 4.78 is 7.71. The molecule has 4 heterocycles. The standard InChI is InChI=1S/C26H25N5O2S/c1-33-19-8-9-22-20(15-19)29-26(23-3-2-12-31(22)23)10-13-30(14-11-26)24(32)18-6-4-17(5-7-18)21-16-34-25(27)28-21/h2-9,12,15-16,29H,10-11,13-14H2,1H3,(H2,27,28). The highest BCUT2D eigenvalue weighted by atomic mass is 32.1. The number of nitrogens with zero attached hydrogens (tertiary/aromatic N) is 3. The Morgan fingerprint density at radius 2 is 1.94 bits per heavy atom. The molecule has 0 unspecified atom stereocenters. The fourth-order valence-electron chi connectivity index (χ4n) is 5.11. The maximum atomic E-state index is 13.3. The summed E-state index contributed by atoms with van der Waals surface area (Å²) in [4.78, 5) is 19.5. The molecule has 4 aromatic rings. The summed E-state index contributed by atoms with van der Waals surface area (Å²) in [7, 11) is 1.68. The number of fused-ring (bicyclic) bond motifs is 4. The molecule has 34 heavy (non-hydrogen) atoms. The molecule has 0 atom stereocenters. The van der Waals surface area contributed by atoms with E-state index in [0.29, 0.717) is 23.8 Å². The number of hydrogen-bond acceptors (Lipinski definition) is 6. The number of thiazole rings is 1. The number of amides is 1. The van der Waals surface area contributed by atoms with Gasteiger partial charge in [0, 0.05) is 47.6 Å². The molecule has 172 valence electrons. The van der Waals surface area contributed by atoms with Crippen LogP contribution in [0.4, 0.5) is 10.8 Å². The third kappa shape index (κ3) is 3.33. The molecule has 0 saturated carbocycles. The summed E-state index contributed by atoms with van der Waals surface area (Å²) in [5.41, 5.74) is 11.4. The second kappa shape index (κ2) is 7.92. The molecular weight excluding hydrogens is 446 g/mol. The van der Waals surface area contributed by atoms with Crippen molar-refractivity contribution in [1.82, 2.24) is 14.5 Å². The van der Waals surface area contributed by atoms with Crippen LogP contribution in [0.15, 0.2) is 66.2 Å². The molecule has 2 aliphatic heterocycles. The van der Waals surface area contributed by atoms with Crippen molar-refractivity contribution < 1.29 is 9.53 Å². The van der Waals surface area contributed by atoms with Gasteiger partial charge in [-0.3, -0.25) is 4.79 Å². The number of ether oxygens (including phenoxy) is 1. The number of likely N-dealkylation sites (tertiary alicyclic amines) is 1. The predicted molar refractivity (Wildman–Crippen MR) is 135 cm³/mol. The smallest absolute Gasteiger partial charge is 0.253 e. The first-order chi connectivity index (χ1) is 16.6. The Balaban J connectivity index is 1.21. The van der Waals surface area contributed by atoms with E-state index in [9.17, 15) is 4.79 Å². The van der Waals surface area contributed by atoms with Crippen LogP contribution in [0.5, 0.6) is 5.75 Å². The summed E-state index contributed by atoms with van der Waals surface area (Å²) in [5.74, 6) is 0.890. The van der Waals surface area contributed by atoms with Gasteiger partial charge in [-0.25, -0.2) is 4.98 Å². The average molecular weight is 472 g/mol. The molecule has 2 aromatic heterocycles. The van der Waals surface area contributed by atoms with Crippen LogP contribution in [0.25, 0.3) is 16.9 Å². The first kappa shape index (κ1) is 20.8. The molecule has 7 nitrogen and oxygen atoms in total. The molecule has 1 amide bonds. The Hall–Kier alpha value is -3.78. The molecule has 1 saturated heterocycles. The lowest BCUT2D eigenvalue weighted by Gasteiger charge is -2.46. The largest absolute Gasteiger partial charge is 0.497 e. The van der Waals surface area contributed by atoms with Crippen LogP contribution in [-0.4, -0.2) is 40.6 Å². The number of carbonyl (C=O) groups excluding carboxylic acids is 1. The van der Waals surface area contributed by atoms with Crippen molar-refractivity contribution in [2.45, 2.75) is 18.4 Å². The Labute approximate surface area is 201 Å². The maximum absolute atomic E-state index is 13.3. The number of nitrogen functional groups attached to an aromatic ring is 1. The van der Waals surface area contributed by atoms with E-state index >= 15 is 0 Å². The number of nitrogens with two attached hydrogens (primary N) is 1. The van der Waals surface area contributed by atoms with E-state index in [1.54, 1.807) is 7.11 Å². The van der Waals surface area contributed by atoms with Gasteiger partial charge in [-0.15, -0.1) is 11.3 Å². The van der Waals surface area contributed by atoms with E-state index in [0.717, 1.165) is 41.2 Å². The van der Waals surface area contributed by atoms with Crippen LogP contribution in [0.3, 0.4) is 0 Å². The SMILES string of the molecule is COc1ccc2c(c1)NC1(CCN(C(=O)c3ccc(-c4csc(N)n4)cc3)CC1)c1cccn1-2. The number of benzene rings is 2. The van der Waals surface area contributed by atoms with Crippen LogP contribution in [0, 0.1) is 0 Å². The Bertz CT molecular complexity index is 1370. The molecular formula is C26H25N5O2S. The van der Waals surface area contributed by atoms with Crippen LogP contribution >= 0.6 is 11.3 Å². The zero-order valence-corrected chi connectivity index (χ0v) is 19.6. The average Bonchev–Trinajstić information content (AvgIpc) is 3.54. The molecule has 1 fully saturated rings. The number of methoxy groups -OCH3 is 1.